The van der Waals surface area contributed by atoms with E-state index in [1.54, 1.807) is 0 Å². The topological polar surface area (TPSA) is 26.2 Å². The van der Waals surface area contributed by atoms with Crippen LogP contribution in [-0.4, -0.2) is 30.9 Å². The van der Waals surface area contributed by atoms with Gasteiger partial charge < -0.3 is 14.6 Å². The summed E-state index contributed by atoms with van der Waals surface area (Å²) in [4.78, 5) is 0. The number of nitrogens with one attached hydrogen (secondary N) is 1. The van der Waals surface area contributed by atoms with Crippen molar-refractivity contribution in [2.45, 2.75) is 20.4 Å². The maximum Gasteiger partial charge on any atom is 0.0590 e. The zero-order valence-corrected chi connectivity index (χ0v) is 13.2. The van der Waals surface area contributed by atoms with Crippen LogP contribution < -0.4 is 5.32 Å². The Labute approximate surface area is 123 Å². The highest BCUT2D eigenvalue weighted by atomic mass is 79.9. The average molecular weight is 325 g/mol. The lowest BCUT2D eigenvalue weighted by molar-refractivity contribution is 0.149. The normalized spacial score (nSPS) is 11.3. The molecule has 3 nitrogen and oxygen atoms in total. The molecule has 1 aromatic carbocycles. The van der Waals surface area contributed by atoms with Gasteiger partial charge in [0.1, 0.15) is 0 Å². The summed E-state index contributed by atoms with van der Waals surface area (Å²) < 4.78 is 8.87. The van der Waals surface area contributed by atoms with Crippen molar-refractivity contribution in [1.82, 2.24) is 9.88 Å². The predicted octanol–water partition coefficient (Wildman–Crippen LogP) is 3.34. The summed E-state index contributed by atoms with van der Waals surface area (Å²) in [7, 11) is 0. The van der Waals surface area contributed by atoms with E-state index in [1.165, 1.54) is 21.1 Å². The fourth-order valence-corrected chi connectivity index (χ4v) is 2.83. The number of para-hydroxylation sites is 1. The van der Waals surface area contributed by atoms with E-state index in [0.717, 1.165) is 32.8 Å². The Balaban J connectivity index is 1.99. The highest BCUT2D eigenvalue weighted by Crippen LogP contribution is 2.30. The molecule has 0 aliphatic rings. The van der Waals surface area contributed by atoms with Gasteiger partial charge in [-0.05, 0) is 35.8 Å². The van der Waals surface area contributed by atoms with Crippen molar-refractivity contribution in [1.29, 1.82) is 0 Å². The lowest BCUT2D eigenvalue weighted by atomic mass is 10.2. The summed E-state index contributed by atoms with van der Waals surface area (Å²) in [5, 5.41) is 4.70. The van der Waals surface area contributed by atoms with Crippen LogP contribution in [0.25, 0.3) is 10.9 Å². The molecule has 0 atom stereocenters. The predicted molar refractivity (Wildman–Crippen MR) is 83.7 cm³/mol. The molecule has 4 heteroatoms. The van der Waals surface area contributed by atoms with Gasteiger partial charge in [-0.25, -0.2) is 0 Å². The highest BCUT2D eigenvalue weighted by molar-refractivity contribution is 9.10. The van der Waals surface area contributed by atoms with Crippen molar-refractivity contribution < 1.29 is 4.74 Å². The summed E-state index contributed by atoms with van der Waals surface area (Å²) in [6.45, 7) is 8.59. The first-order chi connectivity index (χ1) is 9.25. The van der Waals surface area contributed by atoms with Crippen LogP contribution in [0.1, 0.15) is 12.6 Å². The highest BCUT2D eigenvalue weighted by Gasteiger charge is 2.10. The first-order valence-corrected chi connectivity index (χ1v) is 7.56. The van der Waals surface area contributed by atoms with Gasteiger partial charge in [-0.3, -0.25) is 0 Å². The molecule has 0 amide bonds. The largest absolute Gasteiger partial charge is 0.380 e. The number of hydrogen-bond acceptors (Lipinski definition) is 2. The summed E-state index contributed by atoms with van der Waals surface area (Å²) in [6, 6.07) is 8.50. The first kappa shape index (κ1) is 14.6. The Bertz CT molecular complexity index is 536. The van der Waals surface area contributed by atoms with Gasteiger partial charge in [0.25, 0.3) is 0 Å². The third-order valence-corrected chi connectivity index (χ3v) is 4.29. The number of halogens is 1. The maximum absolute atomic E-state index is 5.31. The number of ether oxygens (including phenoxy) is 1. The molecule has 0 aliphatic carbocycles. The third kappa shape index (κ3) is 3.38. The minimum absolute atomic E-state index is 0.783. The summed E-state index contributed by atoms with van der Waals surface area (Å²) in [5.74, 6) is 0. The maximum atomic E-state index is 5.31. The SMILES string of the molecule is CCOCCNCCn1c(C)c(Br)c2ccccc21. The van der Waals surface area contributed by atoms with Crippen molar-refractivity contribution in [3.8, 4) is 0 Å². The van der Waals surface area contributed by atoms with Gasteiger partial charge in [0.05, 0.1) is 6.61 Å². The first-order valence-electron chi connectivity index (χ1n) is 6.77. The fourth-order valence-electron chi connectivity index (χ4n) is 2.28. The summed E-state index contributed by atoms with van der Waals surface area (Å²) in [5.41, 5.74) is 2.58. The van der Waals surface area contributed by atoms with Crippen LogP contribution in [0.3, 0.4) is 0 Å². The molecular formula is C15H21BrN2O. The van der Waals surface area contributed by atoms with Gasteiger partial charge >= 0.3 is 0 Å². The molecule has 0 unspecified atom stereocenters. The zero-order chi connectivity index (χ0) is 13.7. The van der Waals surface area contributed by atoms with E-state index in [2.05, 4.69) is 57.0 Å². The van der Waals surface area contributed by atoms with Gasteiger partial charge in [0.2, 0.25) is 0 Å². The average Bonchev–Trinajstić information content (AvgIpc) is 2.68. The molecule has 0 fully saturated rings. The molecule has 0 saturated heterocycles. The van der Waals surface area contributed by atoms with Gasteiger partial charge in [-0.15, -0.1) is 0 Å². The molecule has 2 rings (SSSR count). The van der Waals surface area contributed by atoms with E-state index >= 15 is 0 Å². The molecule has 1 heterocycles. The molecule has 0 radical (unpaired) electrons. The van der Waals surface area contributed by atoms with E-state index < -0.39 is 0 Å². The molecule has 19 heavy (non-hydrogen) atoms. The van der Waals surface area contributed by atoms with Crippen LogP contribution >= 0.6 is 15.9 Å². The van der Waals surface area contributed by atoms with Crippen LogP contribution in [0.2, 0.25) is 0 Å². The molecule has 1 aromatic heterocycles. The number of rotatable bonds is 7. The number of benzene rings is 1. The van der Waals surface area contributed by atoms with Crippen molar-refractivity contribution in [3.63, 3.8) is 0 Å². The second-order valence-corrected chi connectivity index (χ2v) is 5.31. The zero-order valence-electron chi connectivity index (χ0n) is 11.6. The van der Waals surface area contributed by atoms with Crippen LogP contribution in [-0.2, 0) is 11.3 Å². The van der Waals surface area contributed by atoms with Crippen molar-refractivity contribution in [2.24, 2.45) is 0 Å². The van der Waals surface area contributed by atoms with Gasteiger partial charge in [0.15, 0.2) is 0 Å². The smallest absolute Gasteiger partial charge is 0.0590 e. The van der Waals surface area contributed by atoms with E-state index in [9.17, 15) is 0 Å². The molecule has 0 aliphatic heterocycles. The molecule has 2 aromatic rings. The monoisotopic (exact) mass is 324 g/mol. The Kier molecular flexibility index (Phi) is 5.43. The van der Waals surface area contributed by atoms with Gasteiger partial charge in [-0.2, -0.15) is 0 Å². The second-order valence-electron chi connectivity index (χ2n) is 4.52. The number of nitrogens with zero attached hydrogens (tertiary/aromatic N) is 1. The Hall–Kier alpha value is -0.840. The summed E-state index contributed by atoms with van der Waals surface area (Å²) >= 11 is 3.68. The molecule has 104 valence electrons. The lowest BCUT2D eigenvalue weighted by Crippen LogP contribution is -2.24. The molecule has 0 saturated carbocycles. The minimum Gasteiger partial charge on any atom is -0.380 e. The van der Waals surface area contributed by atoms with E-state index in [1.807, 2.05) is 6.92 Å². The van der Waals surface area contributed by atoms with Crippen molar-refractivity contribution >= 4 is 26.8 Å². The van der Waals surface area contributed by atoms with Crippen LogP contribution in [0.4, 0.5) is 0 Å². The Morgan fingerprint density at radius 3 is 2.84 bits per heavy atom. The minimum atomic E-state index is 0.783. The van der Waals surface area contributed by atoms with Gasteiger partial charge in [-0.1, -0.05) is 18.2 Å². The quantitative estimate of drug-likeness (QED) is 0.790. The molecule has 0 spiro atoms. The Morgan fingerprint density at radius 2 is 2.05 bits per heavy atom. The second kappa shape index (κ2) is 7.08. The standard InChI is InChI=1S/C15H21BrN2O/c1-3-19-11-9-17-8-10-18-12(2)15(16)13-6-4-5-7-14(13)18/h4-7,17H,3,8-11H2,1-2H3. The van der Waals surface area contributed by atoms with Gasteiger partial charge in [0, 0.05) is 47.3 Å². The molecule has 1 N–H and O–H groups in total. The Morgan fingerprint density at radius 1 is 1.26 bits per heavy atom. The third-order valence-electron chi connectivity index (χ3n) is 3.29. The van der Waals surface area contributed by atoms with Crippen molar-refractivity contribution in [2.75, 3.05) is 26.3 Å². The number of hydrogen-bond donors (Lipinski definition) is 1. The van der Waals surface area contributed by atoms with E-state index in [4.69, 9.17) is 4.74 Å². The van der Waals surface area contributed by atoms with Crippen LogP contribution in [0.5, 0.6) is 0 Å². The number of aromatic nitrogens is 1. The van der Waals surface area contributed by atoms with Crippen LogP contribution in [0, 0.1) is 6.92 Å². The number of fused-ring (bicyclic) bond motifs is 1. The summed E-state index contributed by atoms with van der Waals surface area (Å²) in [6.07, 6.45) is 0. The molecule has 0 bridgehead atoms. The van der Waals surface area contributed by atoms with Crippen molar-refractivity contribution in [3.05, 3.63) is 34.4 Å². The van der Waals surface area contributed by atoms with E-state index in [-0.39, 0.29) is 0 Å². The van der Waals surface area contributed by atoms with Crippen LogP contribution in [0.15, 0.2) is 28.7 Å². The fraction of sp³-hybridized carbons (Fsp3) is 0.467. The van der Waals surface area contributed by atoms with E-state index in [0.29, 0.717) is 0 Å². The molecular weight excluding hydrogens is 304 g/mol. The lowest BCUT2D eigenvalue weighted by Gasteiger charge is -2.09.